The van der Waals surface area contributed by atoms with Crippen molar-refractivity contribution in [2.45, 2.75) is 39.7 Å². The first-order chi connectivity index (χ1) is 6.75. The average molecular weight is 213 g/mol. The van der Waals surface area contributed by atoms with Crippen LogP contribution in [-0.2, 0) is 14.4 Å². The van der Waals surface area contributed by atoms with Crippen LogP contribution >= 0.6 is 0 Å². The minimum absolute atomic E-state index is 0.124. The first kappa shape index (κ1) is 11.7. The molecule has 0 aromatic heterocycles. The lowest BCUT2D eigenvalue weighted by Crippen LogP contribution is -2.51. The normalized spacial score (nSPS) is 19.5. The molecule has 2 amide bonds. The van der Waals surface area contributed by atoms with E-state index in [-0.39, 0.29) is 24.7 Å². The third kappa shape index (κ3) is 2.16. The van der Waals surface area contributed by atoms with E-state index in [1.54, 1.807) is 20.8 Å². The Morgan fingerprint density at radius 1 is 1.27 bits per heavy atom. The lowest BCUT2D eigenvalue weighted by molar-refractivity contribution is -0.158. The van der Waals surface area contributed by atoms with Crippen molar-refractivity contribution in [3.8, 4) is 0 Å². The maximum absolute atomic E-state index is 11.4. The largest absolute Gasteiger partial charge is 0.480 e. The number of hydrogen-bond donors (Lipinski definition) is 1. The smallest absolute Gasteiger partial charge is 0.327 e. The summed E-state index contributed by atoms with van der Waals surface area (Å²) in [7, 11) is 0. The molecule has 1 aliphatic rings. The van der Waals surface area contributed by atoms with Crippen molar-refractivity contribution < 1.29 is 19.5 Å². The van der Waals surface area contributed by atoms with E-state index in [1.807, 2.05) is 0 Å². The van der Waals surface area contributed by atoms with E-state index in [9.17, 15) is 14.4 Å². The van der Waals surface area contributed by atoms with Gasteiger partial charge in [0.15, 0.2) is 0 Å². The molecular weight excluding hydrogens is 198 g/mol. The highest BCUT2D eigenvalue weighted by atomic mass is 16.4. The summed E-state index contributed by atoms with van der Waals surface area (Å²) in [6, 6.07) is -1.07. The number of carboxylic acids is 1. The fourth-order valence-electron chi connectivity index (χ4n) is 1.75. The van der Waals surface area contributed by atoms with Crippen LogP contribution in [0.4, 0.5) is 0 Å². The Labute approximate surface area is 88.1 Å². The van der Waals surface area contributed by atoms with Crippen molar-refractivity contribution in [2.24, 2.45) is 5.41 Å². The van der Waals surface area contributed by atoms with Crippen LogP contribution < -0.4 is 0 Å². The molecule has 1 saturated heterocycles. The second-order valence-corrected chi connectivity index (χ2v) is 4.76. The number of amides is 2. The van der Waals surface area contributed by atoms with Gasteiger partial charge in [-0.05, 0) is 5.41 Å². The van der Waals surface area contributed by atoms with Crippen molar-refractivity contribution in [2.75, 3.05) is 0 Å². The number of carbonyl (C=O) groups excluding carboxylic acids is 2. The monoisotopic (exact) mass is 213 g/mol. The van der Waals surface area contributed by atoms with Crippen LogP contribution in [0, 0.1) is 5.41 Å². The van der Waals surface area contributed by atoms with E-state index < -0.39 is 17.4 Å². The summed E-state index contributed by atoms with van der Waals surface area (Å²) in [5.41, 5.74) is -0.651. The second kappa shape index (κ2) is 3.64. The zero-order valence-electron chi connectivity index (χ0n) is 9.11. The molecule has 0 aromatic carbocycles. The van der Waals surface area contributed by atoms with Crippen LogP contribution in [0.3, 0.4) is 0 Å². The number of carbonyl (C=O) groups is 3. The number of hydrogen-bond acceptors (Lipinski definition) is 3. The highest BCUT2D eigenvalue weighted by molar-refractivity contribution is 6.05. The van der Waals surface area contributed by atoms with Crippen molar-refractivity contribution >= 4 is 17.8 Å². The maximum Gasteiger partial charge on any atom is 0.327 e. The Hall–Kier alpha value is -1.39. The topological polar surface area (TPSA) is 74.7 Å². The van der Waals surface area contributed by atoms with Gasteiger partial charge in [-0.1, -0.05) is 20.8 Å². The zero-order chi connectivity index (χ0) is 11.8. The van der Waals surface area contributed by atoms with Crippen LogP contribution in [0.2, 0.25) is 0 Å². The third-order valence-electron chi connectivity index (χ3n) is 2.40. The number of carboxylic acid groups (broad SMARTS) is 1. The number of likely N-dealkylation sites (tertiary alicyclic amines) is 1. The summed E-state index contributed by atoms with van der Waals surface area (Å²) >= 11 is 0. The van der Waals surface area contributed by atoms with Crippen LogP contribution in [0.5, 0.6) is 0 Å². The van der Waals surface area contributed by atoms with Gasteiger partial charge in [-0.25, -0.2) is 4.79 Å². The molecule has 0 radical (unpaired) electrons. The molecule has 1 aliphatic heterocycles. The Morgan fingerprint density at radius 2 is 1.67 bits per heavy atom. The first-order valence-corrected chi connectivity index (χ1v) is 4.83. The summed E-state index contributed by atoms with van der Waals surface area (Å²) in [6.45, 7) is 5.10. The van der Waals surface area contributed by atoms with E-state index in [4.69, 9.17) is 5.11 Å². The second-order valence-electron chi connectivity index (χ2n) is 4.76. The van der Waals surface area contributed by atoms with Gasteiger partial charge in [-0.2, -0.15) is 0 Å². The SMILES string of the molecule is CC(C)(C)[C@@H](C(=O)O)N1C(=O)CCC1=O. The molecule has 0 spiro atoms. The molecule has 5 nitrogen and oxygen atoms in total. The Kier molecular flexibility index (Phi) is 2.83. The van der Waals surface area contributed by atoms with E-state index in [0.717, 1.165) is 4.90 Å². The summed E-state index contributed by atoms with van der Waals surface area (Å²) in [4.78, 5) is 34.8. The summed E-state index contributed by atoms with van der Waals surface area (Å²) in [5, 5.41) is 9.06. The predicted molar refractivity (Wildman–Crippen MR) is 52.0 cm³/mol. The van der Waals surface area contributed by atoms with Crippen molar-refractivity contribution in [1.82, 2.24) is 4.90 Å². The summed E-state index contributed by atoms with van der Waals surface area (Å²) in [6.07, 6.45) is 0.247. The molecular formula is C10H15NO4. The molecule has 0 bridgehead atoms. The standard InChI is InChI=1S/C10H15NO4/c1-10(2,3)8(9(14)15)11-6(12)4-5-7(11)13/h8H,4-5H2,1-3H3,(H,14,15)/t8-/m1/s1. The van der Waals surface area contributed by atoms with Gasteiger partial charge in [0.2, 0.25) is 11.8 Å². The Morgan fingerprint density at radius 3 is 1.93 bits per heavy atom. The maximum atomic E-state index is 11.4. The van der Waals surface area contributed by atoms with Crippen molar-refractivity contribution in [1.29, 1.82) is 0 Å². The van der Waals surface area contributed by atoms with Gasteiger partial charge in [-0.15, -0.1) is 0 Å². The van der Waals surface area contributed by atoms with Gasteiger partial charge in [-0.3, -0.25) is 14.5 Å². The molecule has 1 heterocycles. The van der Waals surface area contributed by atoms with Crippen LogP contribution in [0.15, 0.2) is 0 Å². The van der Waals surface area contributed by atoms with Crippen LogP contribution in [0.25, 0.3) is 0 Å². The lowest BCUT2D eigenvalue weighted by Gasteiger charge is -2.33. The van der Waals surface area contributed by atoms with E-state index >= 15 is 0 Å². The molecule has 0 saturated carbocycles. The third-order valence-corrected chi connectivity index (χ3v) is 2.40. The fraction of sp³-hybridized carbons (Fsp3) is 0.700. The van der Waals surface area contributed by atoms with E-state index in [2.05, 4.69) is 0 Å². The average Bonchev–Trinajstić information content (AvgIpc) is 2.32. The molecule has 1 atom stereocenters. The quantitative estimate of drug-likeness (QED) is 0.683. The van der Waals surface area contributed by atoms with Gasteiger partial charge in [0.25, 0.3) is 0 Å². The van der Waals surface area contributed by atoms with Gasteiger partial charge >= 0.3 is 5.97 Å². The first-order valence-electron chi connectivity index (χ1n) is 4.83. The predicted octanol–water partition coefficient (Wildman–Crippen LogP) is 0.635. The van der Waals surface area contributed by atoms with E-state index in [0.29, 0.717) is 0 Å². The number of imide groups is 1. The molecule has 0 aromatic rings. The van der Waals surface area contributed by atoms with Crippen LogP contribution in [-0.4, -0.2) is 33.8 Å². The fourth-order valence-corrected chi connectivity index (χ4v) is 1.75. The molecule has 0 unspecified atom stereocenters. The minimum Gasteiger partial charge on any atom is -0.480 e. The summed E-state index contributed by atoms with van der Waals surface area (Å²) in [5.74, 6) is -1.91. The number of nitrogens with zero attached hydrogens (tertiary/aromatic N) is 1. The highest BCUT2D eigenvalue weighted by Gasteiger charge is 2.44. The molecule has 84 valence electrons. The number of rotatable bonds is 2. The highest BCUT2D eigenvalue weighted by Crippen LogP contribution is 2.28. The van der Waals surface area contributed by atoms with Gasteiger partial charge < -0.3 is 5.11 Å². The minimum atomic E-state index is -1.13. The van der Waals surface area contributed by atoms with Gasteiger partial charge in [0.1, 0.15) is 6.04 Å². The van der Waals surface area contributed by atoms with E-state index in [1.165, 1.54) is 0 Å². The molecule has 15 heavy (non-hydrogen) atoms. The van der Waals surface area contributed by atoms with Gasteiger partial charge in [0.05, 0.1) is 0 Å². The molecule has 1 N–H and O–H groups in total. The van der Waals surface area contributed by atoms with Crippen molar-refractivity contribution in [3.05, 3.63) is 0 Å². The summed E-state index contributed by atoms with van der Waals surface area (Å²) < 4.78 is 0. The molecule has 1 rings (SSSR count). The Balaban J connectivity index is 3.05. The Bertz CT molecular complexity index is 300. The molecule has 5 heteroatoms. The van der Waals surface area contributed by atoms with Crippen LogP contribution in [0.1, 0.15) is 33.6 Å². The lowest BCUT2D eigenvalue weighted by atomic mass is 9.85. The molecule has 1 fully saturated rings. The van der Waals surface area contributed by atoms with Gasteiger partial charge in [0, 0.05) is 12.8 Å². The molecule has 0 aliphatic carbocycles. The zero-order valence-corrected chi connectivity index (χ0v) is 9.11. The number of aliphatic carboxylic acids is 1. The van der Waals surface area contributed by atoms with Crippen molar-refractivity contribution in [3.63, 3.8) is 0 Å².